The summed E-state index contributed by atoms with van der Waals surface area (Å²) in [5, 5.41) is 11.1. The number of anilines is 1. The van der Waals surface area contributed by atoms with Crippen LogP contribution in [0.4, 0.5) is 5.82 Å². The molecule has 10 nitrogen and oxygen atoms in total. The third-order valence-corrected chi connectivity index (χ3v) is 8.53. The number of nitrogens with one attached hydrogen (secondary N) is 2. The second kappa shape index (κ2) is 9.13. The van der Waals surface area contributed by atoms with E-state index in [4.69, 9.17) is 14.7 Å². The van der Waals surface area contributed by atoms with Gasteiger partial charge in [-0.05, 0) is 50.4 Å². The Kier molecular flexibility index (Phi) is 5.70. The van der Waals surface area contributed by atoms with Crippen LogP contribution in [0.1, 0.15) is 47.6 Å². The Hall–Kier alpha value is -3.37. The number of piperidine rings is 1. The zero-order valence-corrected chi connectivity index (χ0v) is 21.8. The fourth-order valence-corrected chi connectivity index (χ4v) is 6.00. The van der Waals surface area contributed by atoms with Crippen molar-refractivity contribution in [3.05, 3.63) is 53.7 Å². The summed E-state index contributed by atoms with van der Waals surface area (Å²) in [5.41, 5.74) is 2.68. The maximum Gasteiger partial charge on any atom is 0.270 e. The van der Waals surface area contributed by atoms with E-state index in [1.54, 1.807) is 11.0 Å². The van der Waals surface area contributed by atoms with Crippen molar-refractivity contribution in [2.75, 3.05) is 44.3 Å². The van der Waals surface area contributed by atoms with Gasteiger partial charge < -0.3 is 20.3 Å². The van der Waals surface area contributed by atoms with Crippen molar-refractivity contribution in [1.29, 1.82) is 0 Å². The van der Waals surface area contributed by atoms with Crippen molar-refractivity contribution < 1.29 is 9.53 Å². The molecule has 0 radical (unpaired) electrons. The van der Waals surface area contributed by atoms with Gasteiger partial charge in [0.05, 0.1) is 13.2 Å². The molecular formula is C28H34N8O2. The van der Waals surface area contributed by atoms with E-state index in [2.05, 4.69) is 37.7 Å². The van der Waals surface area contributed by atoms with Crippen molar-refractivity contribution in [3.8, 4) is 11.4 Å². The summed E-state index contributed by atoms with van der Waals surface area (Å²) < 4.78 is 7.41. The largest absolute Gasteiger partial charge is 0.379 e. The monoisotopic (exact) mass is 514 g/mol. The highest BCUT2D eigenvalue weighted by Gasteiger charge is 2.44. The summed E-state index contributed by atoms with van der Waals surface area (Å²) in [6.45, 7) is 5.35. The molecule has 0 bridgehead atoms. The molecule has 0 atom stereocenters. The Morgan fingerprint density at radius 2 is 1.97 bits per heavy atom. The maximum atomic E-state index is 13.1. The van der Waals surface area contributed by atoms with Crippen molar-refractivity contribution >= 4 is 11.7 Å². The van der Waals surface area contributed by atoms with Gasteiger partial charge in [-0.3, -0.25) is 9.48 Å². The molecule has 1 aromatic carbocycles. The zero-order valence-electron chi connectivity index (χ0n) is 21.8. The lowest BCUT2D eigenvalue weighted by atomic mass is 9.72. The van der Waals surface area contributed by atoms with Crippen LogP contribution in [-0.2, 0) is 23.6 Å². The fourth-order valence-electron chi connectivity index (χ4n) is 6.00. The molecule has 2 aromatic heterocycles. The van der Waals surface area contributed by atoms with Gasteiger partial charge in [0.2, 0.25) is 0 Å². The first-order valence-electron chi connectivity index (χ1n) is 13.7. The highest BCUT2D eigenvalue weighted by Crippen LogP contribution is 2.41. The number of hydrogen-bond donors (Lipinski definition) is 2. The van der Waals surface area contributed by atoms with Crippen LogP contribution >= 0.6 is 0 Å². The standard InChI is InChI=1S/C28H34N8O2/c1-35-18-30-23(34-35)13-28(16-38-17-28)20-4-2-3-19(11-20)25-32-22(26(37)31-21-5-6-21)12-24(33-25)36-14-27(15-36)7-9-29-10-8-27/h2-4,11-12,18,21,29H,5-10,13-17H2,1H3,(H,31,37). The number of carbonyl (C=O) groups is 1. The number of amides is 1. The molecule has 2 N–H and O–H groups in total. The maximum absolute atomic E-state index is 13.1. The van der Waals surface area contributed by atoms with Gasteiger partial charge in [0.15, 0.2) is 11.6 Å². The van der Waals surface area contributed by atoms with Crippen LogP contribution in [0.5, 0.6) is 0 Å². The van der Waals surface area contributed by atoms with Crippen molar-refractivity contribution in [2.24, 2.45) is 12.5 Å². The van der Waals surface area contributed by atoms with Gasteiger partial charge in [0.25, 0.3) is 5.91 Å². The predicted molar refractivity (Wildman–Crippen MR) is 142 cm³/mol. The number of nitrogens with zero attached hydrogens (tertiary/aromatic N) is 6. The molecule has 1 amide bonds. The fraction of sp³-hybridized carbons (Fsp3) is 0.536. The zero-order chi connectivity index (χ0) is 25.7. The Morgan fingerprint density at radius 3 is 2.66 bits per heavy atom. The first-order valence-corrected chi connectivity index (χ1v) is 13.7. The summed E-state index contributed by atoms with van der Waals surface area (Å²) in [4.78, 5) is 29.6. The molecule has 5 heterocycles. The molecule has 38 heavy (non-hydrogen) atoms. The number of rotatable bonds is 7. The van der Waals surface area contributed by atoms with Crippen molar-refractivity contribution in [2.45, 2.75) is 43.6 Å². The number of carbonyl (C=O) groups excluding carboxylic acids is 1. The second-order valence-corrected chi connectivity index (χ2v) is 11.7. The van der Waals surface area contributed by atoms with E-state index in [1.165, 1.54) is 12.8 Å². The lowest BCUT2D eigenvalue weighted by Crippen LogP contribution is -2.60. The first-order chi connectivity index (χ1) is 18.5. The number of aryl methyl sites for hydroxylation is 1. The number of benzene rings is 1. The van der Waals surface area contributed by atoms with Crippen LogP contribution in [-0.4, -0.2) is 76.1 Å². The van der Waals surface area contributed by atoms with Crippen LogP contribution < -0.4 is 15.5 Å². The Morgan fingerprint density at radius 1 is 1.16 bits per heavy atom. The number of aromatic nitrogens is 5. The summed E-state index contributed by atoms with van der Waals surface area (Å²) in [6, 6.07) is 10.5. The van der Waals surface area contributed by atoms with Gasteiger partial charge in [0.1, 0.15) is 17.8 Å². The van der Waals surface area contributed by atoms with Gasteiger partial charge in [-0.25, -0.2) is 15.0 Å². The number of ether oxygens (including phenoxy) is 1. The third kappa shape index (κ3) is 4.45. The summed E-state index contributed by atoms with van der Waals surface area (Å²) >= 11 is 0. The SMILES string of the molecule is Cn1cnc(CC2(c3cccc(-c4nc(C(=O)NC5CC5)cc(N5CC6(CCNCC6)C5)n4)c3)COC2)n1. The highest BCUT2D eigenvalue weighted by atomic mass is 16.5. The van der Waals surface area contributed by atoms with Crippen LogP contribution in [0, 0.1) is 5.41 Å². The lowest BCUT2D eigenvalue weighted by Gasteiger charge is -2.53. The van der Waals surface area contributed by atoms with Gasteiger partial charge in [-0.2, -0.15) is 5.10 Å². The first kappa shape index (κ1) is 23.7. The lowest BCUT2D eigenvalue weighted by molar-refractivity contribution is -0.0608. The molecule has 3 saturated heterocycles. The van der Waals surface area contributed by atoms with Gasteiger partial charge >= 0.3 is 0 Å². The highest BCUT2D eigenvalue weighted by molar-refractivity contribution is 5.94. The molecular weight excluding hydrogens is 480 g/mol. The molecule has 10 heteroatoms. The van der Waals surface area contributed by atoms with E-state index >= 15 is 0 Å². The molecule has 3 aromatic rings. The van der Waals surface area contributed by atoms with Crippen LogP contribution in [0.25, 0.3) is 11.4 Å². The minimum Gasteiger partial charge on any atom is -0.379 e. The topological polar surface area (TPSA) is 110 Å². The Labute approximate surface area is 222 Å². The molecule has 4 aliphatic rings. The smallest absolute Gasteiger partial charge is 0.270 e. The number of hydrogen-bond acceptors (Lipinski definition) is 8. The van der Waals surface area contributed by atoms with Crippen LogP contribution in [0.3, 0.4) is 0 Å². The Balaban J connectivity index is 1.20. The molecule has 4 fully saturated rings. The van der Waals surface area contributed by atoms with Gasteiger partial charge in [-0.1, -0.05) is 18.2 Å². The summed E-state index contributed by atoms with van der Waals surface area (Å²) in [7, 11) is 1.88. The normalized spacial score (nSPS) is 21.6. The van der Waals surface area contributed by atoms with Crippen LogP contribution in [0.15, 0.2) is 36.7 Å². The Bertz CT molecular complexity index is 1350. The average Bonchev–Trinajstić information content (AvgIpc) is 3.62. The van der Waals surface area contributed by atoms with E-state index in [0.29, 0.717) is 36.6 Å². The second-order valence-electron chi connectivity index (χ2n) is 11.7. The summed E-state index contributed by atoms with van der Waals surface area (Å²) in [6.07, 6.45) is 6.89. The molecule has 0 unspecified atom stereocenters. The summed E-state index contributed by atoms with van der Waals surface area (Å²) in [5.74, 6) is 2.12. The third-order valence-electron chi connectivity index (χ3n) is 8.53. The quantitative estimate of drug-likeness (QED) is 0.492. The van der Waals surface area contributed by atoms with E-state index in [1.807, 2.05) is 25.2 Å². The molecule has 1 spiro atoms. The molecule has 3 aliphatic heterocycles. The average molecular weight is 515 g/mol. The molecule has 198 valence electrons. The minimum atomic E-state index is -0.181. The van der Waals surface area contributed by atoms with E-state index in [-0.39, 0.29) is 17.4 Å². The van der Waals surface area contributed by atoms with Crippen molar-refractivity contribution in [3.63, 3.8) is 0 Å². The van der Waals surface area contributed by atoms with E-state index in [0.717, 1.165) is 61.8 Å². The van der Waals surface area contributed by atoms with E-state index in [9.17, 15) is 4.79 Å². The predicted octanol–water partition coefficient (Wildman–Crippen LogP) is 1.86. The minimum absolute atomic E-state index is 0.115. The molecule has 1 saturated carbocycles. The van der Waals surface area contributed by atoms with Crippen molar-refractivity contribution in [1.82, 2.24) is 35.4 Å². The molecule has 1 aliphatic carbocycles. The van der Waals surface area contributed by atoms with E-state index < -0.39 is 0 Å². The van der Waals surface area contributed by atoms with Gasteiger partial charge in [0, 0.05) is 55.1 Å². The molecule has 7 rings (SSSR count). The van der Waals surface area contributed by atoms with Gasteiger partial charge in [-0.15, -0.1) is 0 Å². The van der Waals surface area contributed by atoms with Crippen LogP contribution in [0.2, 0.25) is 0 Å².